The number of rotatable bonds is 4. The third kappa shape index (κ3) is 0.713. The molecule has 0 unspecified atom stereocenters. The summed E-state index contributed by atoms with van der Waals surface area (Å²) in [6.07, 6.45) is 2.22. The van der Waals surface area contributed by atoms with Gasteiger partial charge >= 0.3 is 5.97 Å². The summed E-state index contributed by atoms with van der Waals surface area (Å²) in [4.78, 5) is 0. The molecule has 0 spiro atoms. The van der Waals surface area contributed by atoms with E-state index in [-0.39, 0.29) is 5.79 Å². The van der Waals surface area contributed by atoms with Gasteiger partial charge in [-0.3, -0.25) is 9.47 Å². The van der Waals surface area contributed by atoms with Crippen molar-refractivity contribution in [3.63, 3.8) is 0 Å². The Balaban J connectivity index is 1.66. The average Bonchev–Trinajstić information content (AvgIpc) is 2.54. The SMILES string of the molecule is CCCCOC12OC1(C)O2. The Morgan fingerprint density at radius 2 is 2.00 bits per heavy atom. The molecule has 10 heavy (non-hydrogen) atoms. The van der Waals surface area contributed by atoms with Gasteiger partial charge < -0.3 is 4.74 Å². The molecule has 3 heteroatoms. The highest BCUT2D eigenvalue weighted by molar-refractivity contribution is 5.08. The van der Waals surface area contributed by atoms with E-state index in [1.54, 1.807) is 0 Å². The normalized spacial score (nSPS) is 48.6. The molecule has 0 radical (unpaired) electrons. The number of ether oxygens (including phenoxy) is 3. The summed E-state index contributed by atoms with van der Waals surface area (Å²) < 4.78 is 15.5. The van der Waals surface area contributed by atoms with E-state index >= 15 is 0 Å². The van der Waals surface area contributed by atoms with Crippen LogP contribution >= 0.6 is 0 Å². The van der Waals surface area contributed by atoms with Crippen LogP contribution in [0.25, 0.3) is 0 Å². The minimum absolute atomic E-state index is 0.360. The van der Waals surface area contributed by atoms with E-state index in [0.29, 0.717) is 0 Å². The van der Waals surface area contributed by atoms with Crippen LogP contribution in [0, 0.1) is 0 Å². The Hall–Kier alpha value is -0.120. The van der Waals surface area contributed by atoms with Gasteiger partial charge in [0.25, 0.3) is 5.79 Å². The van der Waals surface area contributed by atoms with Gasteiger partial charge in [-0.1, -0.05) is 13.3 Å². The fourth-order valence-electron chi connectivity index (χ4n) is 1.01. The Labute approximate surface area is 60.3 Å². The molecule has 0 aromatic rings. The minimum atomic E-state index is -0.595. The zero-order valence-electron chi connectivity index (χ0n) is 6.35. The molecule has 2 rings (SSSR count). The fraction of sp³-hybridized carbons (Fsp3) is 1.00. The Kier molecular flexibility index (Phi) is 1.14. The van der Waals surface area contributed by atoms with E-state index in [1.807, 2.05) is 6.92 Å². The molecule has 2 saturated heterocycles. The maximum Gasteiger partial charge on any atom is 0.346 e. The van der Waals surface area contributed by atoms with Crippen molar-refractivity contribution < 1.29 is 14.2 Å². The summed E-state index contributed by atoms with van der Waals surface area (Å²) in [5.74, 6) is -0.955. The van der Waals surface area contributed by atoms with Crippen molar-refractivity contribution in [3.05, 3.63) is 0 Å². The lowest BCUT2D eigenvalue weighted by atomic mass is 10.4. The molecule has 0 aliphatic carbocycles. The molecule has 0 amide bonds. The second-order valence-electron chi connectivity index (χ2n) is 2.91. The van der Waals surface area contributed by atoms with Crippen LogP contribution in [0.1, 0.15) is 26.7 Å². The van der Waals surface area contributed by atoms with Crippen LogP contribution in [0.5, 0.6) is 0 Å². The maximum absolute atomic E-state index is 5.31. The summed E-state index contributed by atoms with van der Waals surface area (Å²) >= 11 is 0. The van der Waals surface area contributed by atoms with Gasteiger partial charge in [-0.2, -0.15) is 0 Å². The molecule has 0 atom stereocenters. The quantitative estimate of drug-likeness (QED) is 0.439. The van der Waals surface area contributed by atoms with Gasteiger partial charge in [-0.15, -0.1) is 0 Å². The fourth-order valence-corrected chi connectivity index (χ4v) is 1.01. The molecule has 0 aromatic carbocycles. The van der Waals surface area contributed by atoms with Crippen LogP contribution in [-0.2, 0) is 14.2 Å². The van der Waals surface area contributed by atoms with E-state index in [0.717, 1.165) is 19.4 Å². The van der Waals surface area contributed by atoms with Gasteiger partial charge in [0.05, 0.1) is 6.61 Å². The van der Waals surface area contributed by atoms with Gasteiger partial charge in [0.2, 0.25) is 0 Å². The first-order chi connectivity index (χ1) is 4.72. The van der Waals surface area contributed by atoms with E-state index in [2.05, 4.69) is 6.92 Å². The Morgan fingerprint density at radius 1 is 1.40 bits per heavy atom. The number of unbranched alkanes of at least 4 members (excludes halogenated alkanes) is 1. The lowest BCUT2D eigenvalue weighted by Crippen LogP contribution is -2.06. The Bertz CT molecular complexity index is 149. The van der Waals surface area contributed by atoms with E-state index in [9.17, 15) is 0 Å². The molecule has 0 aromatic heterocycles. The van der Waals surface area contributed by atoms with E-state index in [1.165, 1.54) is 0 Å². The first-order valence-corrected chi connectivity index (χ1v) is 3.77. The largest absolute Gasteiger partial charge is 0.346 e. The predicted octanol–water partition coefficient (Wildman–Crippen LogP) is 1.23. The zero-order valence-corrected chi connectivity index (χ0v) is 6.35. The van der Waals surface area contributed by atoms with Crippen LogP contribution in [-0.4, -0.2) is 18.4 Å². The summed E-state index contributed by atoms with van der Waals surface area (Å²) in [6.45, 7) is 4.76. The van der Waals surface area contributed by atoms with Crippen molar-refractivity contribution in [3.8, 4) is 0 Å². The molecule has 2 fully saturated rings. The third-order valence-electron chi connectivity index (χ3n) is 1.92. The number of hydrogen-bond acceptors (Lipinski definition) is 3. The molecule has 0 bridgehead atoms. The van der Waals surface area contributed by atoms with Crippen LogP contribution in [0.4, 0.5) is 0 Å². The monoisotopic (exact) mass is 144 g/mol. The molecular formula is C7H12O3. The summed E-state index contributed by atoms with van der Waals surface area (Å²) in [5.41, 5.74) is 0. The average molecular weight is 144 g/mol. The molecular weight excluding hydrogens is 132 g/mol. The summed E-state index contributed by atoms with van der Waals surface area (Å²) in [6, 6.07) is 0. The van der Waals surface area contributed by atoms with Crippen molar-refractivity contribution in [1.82, 2.24) is 0 Å². The highest BCUT2D eigenvalue weighted by atomic mass is 17.2. The van der Waals surface area contributed by atoms with E-state index < -0.39 is 5.97 Å². The summed E-state index contributed by atoms with van der Waals surface area (Å²) in [5, 5.41) is 0. The predicted molar refractivity (Wildman–Crippen MR) is 34.2 cm³/mol. The maximum atomic E-state index is 5.31. The van der Waals surface area contributed by atoms with Crippen molar-refractivity contribution >= 4 is 0 Å². The van der Waals surface area contributed by atoms with Crippen molar-refractivity contribution in [2.24, 2.45) is 0 Å². The Morgan fingerprint density at radius 3 is 2.40 bits per heavy atom. The lowest BCUT2D eigenvalue weighted by Gasteiger charge is -2.00. The first-order valence-electron chi connectivity index (χ1n) is 3.77. The van der Waals surface area contributed by atoms with Crippen LogP contribution in [0.2, 0.25) is 0 Å². The standard InChI is InChI=1S/C7H12O3/c1-3-4-5-8-7-6(2,9-7)10-7/h3-5H2,1-2H3. The van der Waals surface area contributed by atoms with Gasteiger partial charge in [-0.25, -0.2) is 0 Å². The lowest BCUT2D eigenvalue weighted by molar-refractivity contribution is -0.209. The highest BCUT2D eigenvalue weighted by Crippen LogP contribution is 2.67. The van der Waals surface area contributed by atoms with Gasteiger partial charge in [0, 0.05) is 0 Å². The van der Waals surface area contributed by atoms with Crippen LogP contribution < -0.4 is 0 Å². The van der Waals surface area contributed by atoms with Crippen LogP contribution in [0.15, 0.2) is 0 Å². The second-order valence-corrected chi connectivity index (χ2v) is 2.91. The van der Waals surface area contributed by atoms with E-state index in [4.69, 9.17) is 14.2 Å². The summed E-state index contributed by atoms with van der Waals surface area (Å²) in [7, 11) is 0. The molecule has 2 heterocycles. The molecule has 3 nitrogen and oxygen atoms in total. The van der Waals surface area contributed by atoms with Gasteiger partial charge in [-0.05, 0) is 13.3 Å². The second kappa shape index (κ2) is 1.72. The number of hydrogen-bond donors (Lipinski definition) is 0. The van der Waals surface area contributed by atoms with Crippen molar-refractivity contribution in [1.29, 1.82) is 0 Å². The molecule has 2 aliphatic rings. The zero-order chi connectivity index (χ0) is 7.24. The number of epoxide rings is 2. The molecule has 0 N–H and O–H groups in total. The topological polar surface area (TPSA) is 34.3 Å². The molecule has 2 aliphatic heterocycles. The first kappa shape index (κ1) is 6.58. The molecule has 0 saturated carbocycles. The van der Waals surface area contributed by atoms with Gasteiger partial charge in [0.15, 0.2) is 0 Å². The van der Waals surface area contributed by atoms with Crippen molar-refractivity contribution in [2.45, 2.75) is 38.4 Å². The van der Waals surface area contributed by atoms with Crippen molar-refractivity contribution in [2.75, 3.05) is 6.61 Å². The minimum Gasteiger partial charge on any atom is -0.323 e. The highest BCUT2D eigenvalue weighted by Gasteiger charge is 2.91. The van der Waals surface area contributed by atoms with Crippen LogP contribution in [0.3, 0.4) is 0 Å². The smallest absolute Gasteiger partial charge is 0.323 e. The van der Waals surface area contributed by atoms with Gasteiger partial charge in [0.1, 0.15) is 0 Å². The molecule has 58 valence electrons. The number of fused-ring (bicyclic) bond motifs is 1. The third-order valence-corrected chi connectivity index (χ3v) is 1.92.